The van der Waals surface area contributed by atoms with Crippen molar-refractivity contribution in [3.05, 3.63) is 35.9 Å². The van der Waals surface area contributed by atoms with E-state index in [0.717, 1.165) is 24.3 Å². The Hall–Kier alpha value is -1.39. The van der Waals surface area contributed by atoms with Crippen LogP contribution >= 0.6 is 0 Å². The van der Waals surface area contributed by atoms with E-state index in [9.17, 15) is 4.79 Å². The fraction of sp³-hybridized carbons (Fsp3) is 0.650. The van der Waals surface area contributed by atoms with Crippen LogP contribution in [0.15, 0.2) is 30.3 Å². The summed E-state index contributed by atoms with van der Waals surface area (Å²) >= 11 is 0. The highest BCUT2D eigenvalue weighted by atomic mass is 16.7. The number of morpholine rings is 1. The van der Waals surface area contributed by atoms with Crippen molar-refractivity contribution in [2.75, 3.05) is 6.61 Å². The zero-order chi connectivity index (χ0) is 16.5. The van der Waals surface area contributed by atoms with Crippen LogP contribution in [0.1, 0.15) is 51.1 Å². The first-order valence-electron chi connectivity index (χ1n) is 9.20. The Labute approximate surface area is 143 Å². The number of nitrogens with zero attached hydrogens (tertiary/aromatic N) is 1. The first-order chi connectivity index (χ1) is 11.5. The molecule has 1 aromatic rings. The summed E-state index contributed by atoms with van der Waals surface area (Å²) in [6.07, 6.45) is 4.33. The van der Waals surface area contributed by atoms with Crippen molar-refractivity contribution in [1.82, 2.24) is 5.06 Å². The van der Waals surface area contributed by atoms with Crippen LogP contribution < -0.4 is 0 Å². The minimum atomic E-state index is -0.253. The molecule has 1 aromatic carbocycles. The summed E-state index contributed by atoms with van der Waals surface area (Å²) in [5.74, 6) is 1.27. The van der Waals surface area contributed by atoms with Crippen LogP contribution in [0.2, 0.25) is 0 Å². The topological polar surface area (TPSA) is 38.8 Å². The molecule has 6 rings (SSSR count). The molecule has 24 heavy (non-hydrogen) atoms. The normalized spacial score (nSPS) is 43.2. The molecule has 3 aliphatic carbocycles. The predicted octanol–water partition coefficient (Wildman–Crippen LogP) is 3.49. The average molecular weight is 327 g/mol. The minimum Gasteiger partial charge on any atom is -0.462 e. The molecule has 2 bridgehead atoms. The van der Waals surface area contributed by atoms with Crippen molar-refractivity contribution in [3.8, 4) is 0 Å². The molecule has 0 N–H and O–H groups in total. The highest BCUT2D eigenvalue weighted by Gasteiger charge is 2.67. The molecule has 0 aromatic heterocycles. The SMILES string of the molecule is CC1(C)[C@H]2CC[C@@]3(C[C@H]4C(=O)OC[C@H](c5ccccc5)N4O3)[C@@H]1C2. The number of hydrogen-bond donors (Lipinski definition) is 0. The van der Waals surface area contributed by atoms with Gasteiger partial charge in [0.05, 0.1) is 11.6 Å². The van der Waals surface area contributed by atoms with E-state index in [2.05, 4.69) is 26.0 Å². The molecule has 2 saturated heterocycles. The molecule has 5 aliphatic rings. The second-order valence-electron chi connectivity index (χ2n) is 8.64. The highest BCUT2D eigenvalue weighted by Crippen LogP contribution is 2.66. The number of esters is 1. The maximum absolute atomic E-state index is 12.4. The van der Waals surface area contributed by atoms with Crippen molar-refractivity contribution in [1.29, 1.82) is 0 Å². The maximum Gasteiger partial charge on any atom is 0.325 e. The van der Waals surface area contributed by atoms with E-state index in [-0.39, 0.29) is 23.7 Å². The summed E-state index contributed by atoms with van der Waals surface area (Å²) in [5, 5.41) is 1.98. The van der Waals surface area contributed by atoms with Crippen LogP contribution in [0.3, 0.4) is 0 Å². The Balaban J connectivity index is 1.49. The highest BCUT2D eigenvalue weighted by molar-refractivity contribution is 5.77. The Morgan fingerprint density at radius 1 is 1.17 bits per heavy atom. The van der Waals surface area contributed by atoms with Gasteiger partial charge in [0.1, 0.15) is 12.6 Å². The number of fused-ring (bicyclic) bond motifs is 2. The van der Waals surface area contributed by atoms with Gasteiger partial charge in [0, 0.05) is 6.42 Å². The van der Waals surface area contributed by atoms with E-state index in [0.29, 0.717) is 17.9 Å². The molecule has 0 radical (unpaired) electrons. The summed E-state index contributed by atoms with van der Waals surface area (Å²) in [7, 11) is 0. The van der Waals surface area contributed by atoms with Gasteiger partial charge in [-0.25, -0.2) is 0 Å². The maximum atomic E-state index is 12.4. The van der Waals surface area contributed by atoms with Crippen LogP contribution in [-0.4, -0.2) is 29.3 Å². The van der Waals surface area contributed by atoms with Gasteiger partial charge in [0.2, 0.25) is 0 Å². The number of ether oxygens (including phenoxy) is 1. The second-order valence-corrected chi connectivity index (χ2v) is 8.64. The zero-order valence-corrected chi connectivity index (χ0v) is 14.4. The van der Waals surface area contributed by atoms with Crippen molar-refractivity contribution >= 4 is 5.97 Å². The van der Waals surface area contributed by atoms with Gasteiger partial charge in [-0.1, -0.05) is 44.2 Å². The third-order valence-corrected chi connectivity index (χ3v) is 7.30. The molecule has 1 spiro atoms. The van der Waals surface area contributed by atoms with Gasteiger partial charge in [-0.3, -0.25) is 9.63 Å². The lowest BCUT2D eigenvalue weighted by molar-refractivity contribution is -0.304. The van der Waals surface area contributed by atoms with Crippen molar-refractivity contribution in [2.45, 2.75) is 57.2 Å². The van der Waals surface area contributed by atoms with E-state index in [1.807, 2.05) is 23.3 Å². The van der Waals surface area contributed by atoms with Gasteiger partial charge >= 0.3 is 5.97 Å². The Kier molecular flexibility index (Phi) is 3.00. The van der Waals surface area contributed by atoms with Crippen molar-refractivity contribution < 1.29 is 14.4 Å². The molecular weight excluding hydrogens is 302 g/mol. The number of carbonyl (C=O) groups is 1. The Bertz CT molecular complexity index is 671. The number of carbonyl (C=O) groups excluding carboxylic acids is 1. The average Bonchev–Trinajstić information content (AvgIpc) is 2.95. The summed E-state index contributed by atoms with van der Waals surface area (Å²) < 4.78 is 5.53. The Morgan fingerprint density at radius 3 is 2.67 bits per heavy atom. The molecule has 128 valence electrons. The van der Waals surface area contributed by atoms with Crippen LogP contribution in [-0.2, 0) is 14.4 Å². The summed E-state index contributed by atoms with van der Waals surface area (Å²) in [4.78, 5) is 19.1. The van der Waals surface area contributed by atoms with Gasteiger partial charge in [0.15, 0.2) is 0 Å². The fourth-order valence-electron chi connectivity index (χ4n) is 5.79. The smallest absolute Gasteiger partial charge is 0.325 e. The van der Waals surface area contributed by atoms with E-state index in [1.165, 1.54) is 12.8 Å². The van der Waals surface area contributed by atoms with Gasteiger partial charge in [0.25, 0.3) is 0 Å². The summed E-state index contributed by atoms with van der Waals surface area (Å²) in [6, 6.07) is 10.0. The van der Waals surface area contributed by atoms with Crippen molar-refractivity contribution in [2.24, 2.45) is 17.3 Å². The van der Waals surface area contributed by atoms with E-state index >= 15 is 0 Å². The second kappa shape index (κ2) is 4.83. The van der Waals surface area contributed by atoms with Crippen LogP contribution in [0.25, 0.3) is 0 Å². The third kappa shape index (κ3) is 1.84. The number of hydroxylamine groups is 2. The minimum absolute atomic E-state index is 0.00851. The van der Waals surface area contributed by atoms with E-state index in [1.54, 1.807) is 0 Å². The standard InChI is InChI=1S/C20H25NO3/c1-19(2)14-8-9-20(17(19)10-14)11-15-18(22)23-12-16(21(15)24-20)13-6-4-3-5-7-13/h3-7,14-17H,8-12H2,1-2H3/t14-,15-,16+,17+,20+/m0/s1. The molecule has 0 amide bonds. The summed E-state index contributed by atoms with van der Waals surface area (Å²) in [6.45, 7) is 5.13. The lowest BCUT2D eigenvalue weighted by Gasteiger charge is -2.63. The number of benzene rings is 1. The molecule has 4 nitrogen and oxygen atoms in total. The molecule has 5 atom stereocenters. The third-order valence-electron chi connectivity index (χ3n) is 7.30. The molecule has 5 fully saturated rings. The summed E-state index contributed by atoms with van der Waals surface area (Å²) in [5.41, 5.74) is 1.33. The Morgan fingerprint density at radius 2 is 1.96 bits per heavy atom. The molecule has 3 saturated carbocycles. The lowest BCUT2D eigenvalue weighted by atomic mass is 9.43. The monoisotopic (exact) mass is 327 g/mol. The van der Waals surface area contributed by atoms with Gasteiger partial charge in [-0.05, 0) is 42.1 Å². The molecule has 2 heterocycles. The van der Waals surface area contributed by atoms with Crippen LogP contribution in [0.5, 0.6) is 0 Å². The first-order valence-corrected chi connectivity index (χ1v) is 9.20. The number of cyclic esters (lactones) is 1. The largest absolute Gasteiger partial charge is 0.462 e. The van der Waals surface area contributed by atoms with E-state index < -0.39 is 0 Å². The van der Waals surface area contributed by atoms with Crippen molar-refractivity contribution in [3.63, 3.8) is 0 Å². The number of hydrogen-bond acceptors (Lipinski definition) is 4. The van der Waals surface area contributed by atoms with Crippen LogP contribution in [0.4, 0.5) is 0 Å². The van der Waals surface area contributed by atoms with Gasteiger partial charge in [-0.2, -0.15) is 5.06 Å². The first kappa shape index (κ1) is 14.9. The molecule has 4 heteroatoms. The van der Waals surface area contributed by atoms with Crippen LogP contribution in [0, 0.1) is 17.3 Å². The van der Waals surface area contributed by atoms with Gasteiger partial charge < -0.3 is 4.74 Å². The predicted molar refractivity (Wildman–Crippen MR) is 88.8 cm³/mol. The molecule has 0 unspecified atom stereocenters. The lowest BCUT2D eigenvalue weighted by Crippen LogP contribution is -2.61. The quantitative estimate of drug-likeness (QED) is 0.740. The van der Waals surface area contributed by atoms with Gasteiger partial charge in [-0.15, -0.1) is 0 Å². The van der Waals surface area contributed by atoms with E-state index in [4.69, 9.17) is 9.57 Å². The fourth-order valence-corrected chi connectivity index (χ4v) is 5.79. The zero-order valence-electron chi connectivity index (χ0n) is 14.4. The number of rotatable bonds is 1. The molecular formula is C20H25NO3. The molecule has 2 aliphatic heterocycles.